The van der Waals surface area contributed by atoms with Crippen molar-refractivity contribution in [1.29, 1.82) is 0 Å². The standard InChI is InChI=1S/C27H20ClF6N5O2/c1-35-24-18-7-6-17(11-21(18)38-23(39-24)15-3-2-4-16(10-15)27(32,33)34)37-25(41)19-9-14(5-8-20(19)28)13-36-22(40)12-26(29,30)31/h2-11H,12-13H2,1H3,(H,36,40)(H,37,41)(H,35,38,39). The van der Waals surface area contributed by atoms with Crippen LogP contribution >= 0.6 is 11.6 Å². The second-order valence-corrected chi connectivity index (χ2v) is 9.20. The first-order valence-electron chi connectivity index (χ1n) is 11.8. The number of carbonyl (C=O) groups excluding carboxylic acids is 2. The molecule has 0 fully saturated rings. The lowest BCUT2D eigenvalue weighted by Crippen LogP contribution is -2.28. The molecule has 1 heterocycles. The summed E-state index contributed by atoms with van der Waals surface area (Å²) in [6, 6.07) is 13.4. The first-order chi connectivity index (χ1) is 19.2. The topological polar surface area (TPSA) is 96.0 Å². The Labute approximate surface area is 233 Å². The van der Waals surface area contributed by atoms with Crippen LogP contribution in [0, 0.1) is 0 Å². The first kappa shape index (κ1) is 29.6. The van der Waals surface area contributed by atoms with E-state index in [9.17, 15) is 35.9 Å². The Hall–Kier alpha value is -4.39. The molecule has 0 unspecified atom stereocenters. The molecule has 0 saturated carbocycles. The van der Waals surface area contributed by atoms with E-state index >= 15 is 0 Å². The van der Waals surface area contributed by atoms with E-state index in [1.807, 2.05) is 0 Å². The molecule has 0 bridgehead atoms. The Morgan fingerprint density at radius 2 is 1.68 bits per heavy atom. The zero-order valence-corrected chi connectivity index (χ0v) is 21.8. The SMILES string of the molecule is CNc1nc(-c2cccc(C(F)(F)F)c2)nc2cc(NC(=O)c3cc(CNC(=O)CC(F)(F)F)ccc3Cl)ccc12. The number of carbonyl (C=O) groups is 2. The second-order valence-electron chi connectivity index (χ2n) is 8.79. The summed E-state index contributed by atoms with van der Waals surface area (Å²) in [5.41, 5.74) is 0.214. The van der Waals surface area contributed by atoms with Gasteiger partial charge in [0.15, 0.2) is 5.82 Å². The van der Waals surface area contributed by atoms with Gasteiger partial charge >= 0.3 is 12.4 Å². The number of halogens is 7. The Morgan fingerprint density at radius 3 is 2.37 bits per heavy atom. The number of alkyl halides is 6. The van der Waals surface area contributed by atoms with Crippen molar-refractivity contribution in [2.45, 2.75) is 25.3 Å². The minimum absolute atomic E-state index is 0.00223. The fourth-order valence-corrected chi connectivity index (χ4v) is 4.07. The number of rotatable bonds is 7. The highest BCUT2D eigenvalue weighted by atomic mass is 35.5. The summed E-state index contributed by atoms with van der Waals surface area (Å²) in [6.07, 6.45) is -10.8. The number of hydrogen-bond acceptors (Lipinski definition) is 5. The van der Waals surface area contributed by atoms with E-state index in [0.717, 1.165) is 12.1 Å². The van der Waals surface area contributed by atoms with Gasteiger partial charge in [-0.3, -0.25) is 9.59 Å². The molecule has 0 saturated heterocycles. The van der Waals surface area contributed by atoms with Gasteiger partial charge in [0.2, 0.25) is 5.91 Å². The predicted octanol–water partition coefficient (Wildman–Crippen LogP) is 6.83. The second kappa shape index (κ2) is 11.6. The van der Waals surface area contributed by atoms with Crippen LogP contribution in [0.15, 0.2) is 60.7 Å². The molecule has 1 aromatic heterocycles. The van der Waals surface area contributed by atoms with Crippen LogP contribution in [0.1, 0.15) is 27.9 Å². The summed E-state index contributed by atoms with van der Waals surface area (Å²) in [5.74, 6) is -1.50. The van der Waals surface area contributed by atoms with Crippen molar-refractivity contribution in [3.63, 3.8) is 0 Å². The van der Waals surface area contributed by atoms with E-state index in [4.69, 9.17) is 11.6 Å². The van der Waals surface area contributed by atoms with Gasteiger partial charge < -0.3 is 16.0 Å². The van der Waals surface area contributed by atoms with Crippen molar-refractivity contribution in [3.05, 3.63) is 82.4 Å². The molecule has 4 rings (SSSR count). The van der Waals surface area contributed by atoms with E-state index in [1.165, 1.54) is 36.4 Å². The van der Waals surface area contributed by atoms with E-state index in [2.05, 4.69) is 25.9 Å². The minimum atomic E-state index is -4.65. The first-order valence-corrected chi connectivity index (χ1v) is 12.2. The van der Waals surface area contributed by atoms with Gasteiger partial charge in [0.05, 0.1) is 21.7 Å². The average Bonchev–Trinajstić information content (AvgIpc) is 2.90. The molecule has 3 aromatic carbocycles. The van der Waals surface area contributed by atoms with Crippen LogP contribution in [0.5, 0.6) is 0 Å². The number of aromatic nitrogens is 2. The van der Waals surface area contributed by atoms with Crippen LogP contribution in [0.3, 0.4) is 0 Å². The summed E-state index contributed by atoms with van der Waals surface area (Å²) in [6.45, 7) is -0.260. The van der Waals surface area contributed by atoms with E-state index in [-0.39, 0.29) is 34.2 Å². The maximum atomic E-state index is 13.2. The van der Waals surface area contributed by atoms with Gasteiger partial charge in [-0.15, -0.1) is 0 Å². The molecule has 0 spiro atoms. The summed E-state index contributed by atoms with van der Waals surface area (Å²) in [5, 5.41) is 8.27. The van der Waals surface area contributed by atoms with Crippen molar-refractivity contribution in [1.82, 2.24) is 15.3 Å². The van der Waals surface area contributed by atoms with Crippen LogP contribution in [0.2, 0.25) is 5.02 Å². The smallest absolute Gasteiger partial charge is 0.373 e. The highest BCUT2D eigenvalue weighted by Crippen LogP contribution is 2.33. The van der Waals surface area contributed by atoms with Crippen molar-refractivity contribution < 1.29 is 35.9 Å². The van der Waals surface area contributed by atoms with Gasteiger partial charge in [0, 0.05) is 30.2 Å². The van der Waals surface area contributed by atoms with E-state index < -0.39 is 36.2 Å². The summed E-state index contributed by atoms with van der Waals surface area (Å²) in [4.78, 5) is 33.2. The third kappa shape index (κ3) is 7.42. The number of benzene rings is 3. The third-order valence-corrected chi connectivity index (χ3v) is 6.10. The molecule has 0 atom stereocenters. The predicted molar refractivity (Wildman–Crippen MR) is 141 cm³/mol. The number of hydrogen-bond donors (Lipinski definition) is 3. The summed E-state index contributed by atoms with van der Waals surface area (Å²) < 4.78 is 76.8. The molecule has 4 aromatic rings. The van der Waals surface area contributed by atoms with Crippen LogP contribution in [0.4, 0.5) is 37.8 Å². The number of fused-ring (bicyclic) bond motifs is 1. The summed E-state index contributed by atoms with van der Waals surface area (Å²) >= 11 is 6.17. The molecular formula is C27H20ClF6N5O2. The molecule has 214 valence electrons. The average molecular weight is 596 g/mol. The van der Waals surface area contributed by atoms with Gasteiger partial charge in [-0.05, 0) is 48.0 Å². The van der Waals surface area contributed by atoms with Crippen molar-refractivity contribution in [2.75, 3.05) is 17.7 Å². The molecule has 0 radical (unpaired) electrons. The fraction of sp³-hybridized carbons (Fsp3) is 0.185. The Balaban J connectivity index is 1.59. The molecule has 0 aliphatic heterocycles. The monoisotopic (exact) mass is 595 g/mol. The highest BCUT2D eigenvalue weighted by molar-refractivity contribution is 6.34. The van der Waals surface area contributed by atoms with Gasteiger partial charge in [0.1, 0.15) is 12.2 Å². The molecule has 3 N–H and O–H groups in total. The molecule has 0 aliphatic carbocycles. The van der Waals surface area contributed by atoms with Gasteiger partial charge in [-0.2, -0.15) is 26.3 Å². The Morgan fingerprint density at radius 1 is 0.927 bits per heavy atom. The zero-order chi connectivity index (χ0) is 29.9. The minimum Gasteiger partial charge on any atom is -0.373 e. The molecule has 7 nitrogen and oxygen atoms in total. The number of nitrogens with zero attached hydrogens (tertiary/aromatic N) is 2. The lowest BCUT2D eigenvalue weighted by Gasteiger charge is -2.13. The molecule has 14 heteroatoms. The quantitative estimate of drug-likeness (QED) is 0.204. The number of amides is 2. The zero-order valence-electron chi connectivity index (χ0n) is 21.0. The lowest BCUT2D eigenvalue weighted by molar-refractivity contribution is -0.153. The van der Waals surface area contributed by atoms with Crippen LogP contribution in [-0.4, -0.2) is 35.0 Å². The molecule has 0 aliphatic rings. The molecule has 2 amide bonds. The Kier molecular flexibility index (Phi) is 8.38. The van der Waals surface area contributed by atoms with Gasteiger partial charge in [-0.1, -0.05) is 29.8 Å². The largest absolute Gasteiger partial charge is 0.416 e. The normalized spacial score (nSPS) is 11.8. The molecular weight excluding hydrogens is 576 g/mol. The van der Waals surface area contributed by atoms with Crippen LogP contribution in [0.25, 0.3) is 22.3 Å². The molecule has 41 heavy (non-hydrogen) atoms. The number of nitrogens with one attached hydrogen (secondary N) is 3. The van der Waals surface area contributed by atoms with Gasteiger partial charge in [0.25, 0.3) is 5.91 Å². The highest BCUT2D eigenvalue weighted by Gasteiger charge is 2.31. The summed E-state index contributed by atoms with van der Waals surface area (Å²) in [7, 11) is 1.59. The van der Waals surface area contributed by atoms with Crippen LogP contribution < -0.4 is 16.0 Å². The third-order valence-electron chi connectivity index (χ3n) is 5.77. The van der Waals surface area contributed by atoms with Gasteiger partial charge in [-0.25, -0.2) is 9.97 Å². The van der Waals surface area contributed by atoms with E-state index in [0.29, 0.717) is 22.3 Å². The maximum absolute atomic E-state index is 13.2. The van der Waals surface area contributed by atoms with Crippen molar-refractivity contribution in [2.24, 2.45) is 0 Å². The maximum Gasteiger partial charge on any atom is 0.416 e. The number of anilines is 2. The van der Waals surface area contributed by atoms with E-state index in [1.54, 1.807) is 19.2 Å². The van der Waals surface area contributed by atoms with Crippen molar-refractivity contribution >= 4 is 45.8 Å². The Bertz CT molecular complexity index is 1620. The van der Waals surface area contributed by atoms with Crippen molar-refractivity contribution in [3.8, 4) is 11.4 Å². The van der Waals surface area contributed by atoms with Crippen LogP contribution in [-0.2, 0) is 17.5 Å². The lowest BCUT2D eigenvalue weighted by atomic mass is 10.1. The fourth-order valence-electron chi connectivity index (χ4n) is 3.86.